The molecule has 4 nitrogen and oxygen atoms in total. The van der Waals surface area contributed by atoms with Gasteiger partial charge in [-0.1, -0.05) is 17.8 Å². The summed E-state index contributed by atoms with van der Waals surface area (Å²) in [6, 6.07) is 5.84. The molecule has 0 aliphatic rings. The summed E-state index contributed by atoms with van der Waals surface area (Å²) in [5.74, 6) is 0. The van der Waals surface area contributed by atoms with E-state index in [0.29, 0.717) is 11.2 Å². The van der Waals surface area contributed by atoms with Crippen molar-refractivity contribution in [3.8, 4) is 0 Å². The summed E-state index contributed by atoms with van der Waals surface area (Å²) in [5.41, 5.74) is -1.02. The number of carbonyl (C=O) groups is 1. The van der Waals surface area contributed by atoms with Crippen LogP contribution in [0.25, 0.3) is 0 Å². The third-order valence-corrected chi connectivity index (χ3v) is 4.91. The molecule has 0 bridgehead atoms. The predicted octanol–water partition coefficient (Wildman–Crippen LogP) is 4.57. The number of carbonyl (C=O) groups excluding carboxylic acids is 1. The van der Waals surface area contributed by atoms with Crippen LogP contribution in [0.5, 0.6) is 0 Å². The molecule has 0 spiro atoms. The van der Waals surface area contributed by atoms with Crippen LogP contribution in [0.2, 0.25) is 0 Å². The minimum Gasteiger partial charge on any atom is -0.303 e. The summed E-state index contributed by atoms with van der Waals surface area (Å²) in [6.07, 6.45) is -3.82. The summed E-state index contributed by atoms with van der Waals surface area (Å²) in [7, 11) is 0. The van der Waals surface area contributed by atoms with Crippen LogP contribution in [0, 0.1) is 10.1 Å². The van der Waals surface area contributed by atoms with E-state index < -0.39 is 16.7 Å². The van der Waals surface area contributed by atoms with Gasteiger partial charge in [0.1, 0.15) is 10.5 Å². The number of aldehydes is 1. The highest BCUT2D eigenvalue weighted by Crippen LogP contribution is 2.42. The van der Waals surface area contributed by atoms with E-state index in [2.05, 4.69) is 0 Å². The van der Waals surface area contributed by atoms with E-state index in [4.69, 9.17) is 0 Å². The molecule has 0 unspecified atom stereocenters. The Balaban J connectivity index is 2.34. The molecule has 0 atom stereocenters. The molecule has 0 saturated carbocycles. The highest BCUT2D eigenvalue weighted by molar-refractivity contribution is 8.01. The van der Waals surface area contributed by atoms with Crippen molar-refractivity contribution in [1.82, 2.24) is 0 Å². The topological polar surface area (TPSA) is 60.2 Å². The van der Waals surface area contributed by atoms with Crippen LogP contribution in [0.3, 0.4) is 0 Å². The first kappa shape index (κ1) is 16.5. The summed E-state index contributed by atoms with van der Waals surface area (Å²) in [5, 5.41) is 11.0. The largest absolute Gasteiger partial charge is 0.416 e. The standard InChI is InChI=1S/C13H8F3NO3S2/c14-13(15,16)8-2-1-3-9(6-8)21-12-11(17(19)20)7-10(22-12)4-5-18/h1-3,5-7H,4H2. The number of benzene rings is 1. The highest BCUT2D eigenvalue weighted by Gasteiger charge is 2.30. The van der Waals surface area contributed by atoms with E-state index in [0.717, 1.165) is 35.2 Å². The lowest BCUT2D eigenvalue weighted by Crippen LogP contribution is -2.04. The number of hydrogen-bond acceptors (Lipinski definition) is 5. The van der Waals surface area contributed by atoms with Gasteiger partial charge in [0.25, 0.3) is 5.69 Å². The van der Waals surface area contributed by atoms with Gasteiger partial charge in [-0.2, -0.15) is 13.2 Å². The van der Waals surface area contributed by atoms with Crippen LogP contribution in [0.15, 0.2) is 39.4 Å². The minimum absolute atomic E-state index is 0.0364. The molecule has 0 fully saturated rings. The van der Waals surface area contributed by atoms with Crippen molar-refractivity contribution in [2.75, 3.05) is 0 Å². The van der Waals surface area contributed by atoms with Gasteiger partial charge in [-0.15, -0.1) is 11.3 Å². The molecular formula is C13H8F3NO3S2. The van der Waals surface area contributed by atoms with E-state index in [1.807, 2.05) is 0 Å². The summed E-state index contributed by atoms with van der Waals surface area (Å²) < 4.78 is 38.2. The molecule has 116 valence electrons. The summed E-state index contributed by atoms with van der Waals surface area (Å²) in [4.78, 5) is 21.6. The fraction of sp³-hybridized carbons (Fsp3) is 0.154. The number of rotatable bonds is 5. The predicted molar refractivity (Wildman–Crippen MR) is 76.3 cm³/mol. The van der Waals surface area contributed by atoms with Gasteiger partial charge >= 0.3 is 6.18 Å². The normalized spacial score (nSPS) is 11.4. The number of nitrogens with zero attached hydrogens (tertiary/aromatic N) is 1. The molecule has 0 N–H and O–H groups in total. The molecule has 1 heterocycles. The fourth-order valence-corrected chi connectivity index (χ4v) is 4.00. The van der Waals surface area contributed by atoms with Crippen LogP contribution in [0.1, 0.15) is 10.4 Å². The third kappa shape index (κ3) is 3.86. The van der Waals surface area contributed by atoms with Gasteiger partial charge in [0, 0.05) is 22.3 Å². The maximum atomic E-state index is 12.7. The fourth-order valence-electron chi connectivity index (χ4n) is 1.64. The summed E-state index contributed by atoms with van der Waals surface area (Å²) in [6.45, 7) is 0. The maximum Gasteiger partial charge on any atom is 0.416 e. The van der Waals surface area contributed by atoms with Crippen LogP contribution >= 0.6 is 23.1 Å². The van der Waals surface area contributed by atoms with Crippen molar-refractivity contribution >= 4 is 35.1 Å². The lowest BCUT2D eigenvalue weighted by atomic mass is 10.2. The van der Waals surface area contributed by atoms with Crippen molar-refractivity contribution in [1.29, 1.82) is 0 Å². The first-order valence-corrected chi connectivity index (χ1v) is 7.50. The molecule has 2 rings (SSSR count). The number of hydrogen-bond donors (Lipinski definition) is 0. The number of halogens is 3. The van der Waals surface area contributed by atoms with Crippen LogP contribution < -0.4 is 0 Å². The summed E-state index contributed by atoms with van der Waals surface area (Å²) >= 11 is 1.91. The lowest BCUT2D eigenvalue weighted by molar-refractivity contribution is -0.387. The zero-order valence-electron chi connectivity index (χ0n) is 10.8. The van der Waals surface area contributed by atoms with E-state index in [9.17, 15) is 28.1 Å². The van der Waals surface area contributed by atoms with E-state index in [-0.39, 0.29) is 21.2 Å². The Hall–Kier alpha value is -1.87. The molecular weight excluding hydrogens is 339 g/mol. The molecule has 0 aliphatic carbocycles. The number of alkyl halides is 3. The van der Waals surface area contributed by atoms with Gasteiger partial charge in [-0.05, 0) is 18.2 Å². The Labute approximate surface area is 131 Å². The second-order valence-electron chi connectivity index (χ2n) is 4.14. The van der Waals surface area contributed by atoms with E-state index >= 15 is 0 Å². The monoisotopic (exact) mass is 347 g/mol. The van der Waals surface area contributed by atoms with E-state index in [1.54, 1.807) is 0 Å². The van der Waals surface area contributed by atoms with Gasteiger partial charge in [-0.3, -0.25) is 10.1 Å². The van der Waals surface area contributed by atoms with Crippen molar-refractivity contribution < 1.29 is 22.9 Å². The Morgan fingerprint density at radius 2 is 2.05 bits per heavy atom. The SMILES string of the molecule is O=CCc1cc([N+](=O)[O-])c(Sc2cccc(C(F)(F)F)c2)s1. The van der Waals surface area contributed by atoms with Gasteiger partial charge in [0.15, 0.2) is 0 Å². The zero-order valence-corrected chi connectivity index (χ0v) is 12.4. The van der Waals surface area contributed by atoms with Crippen LogP contribution in [-0.2, 0) is 17.4 Å². The minimum atomic E-state index is -4.47. The Kier molecular flexibility index (Phi) is 4.87. The number of thiophene rings is 1. The Morgan fingerprint density at radius 3 is 2.64 bits per heavy atom. The molecule has 0 radical (unpaired) electrons. The second-order valence-corrected chi connectivity index (χ2v) is 6.62. The molecule has 0 amide bonds. The molecule has 1 aromatic carbocycles. The molecule has 9 heteroatoms. The van der Waals surface area contributed by atoms with Crippen molar-refractivity contribution in [2.24, 2.45) is 0 Å². The average Bonchev–Trinajstić information content (AvgIpc) is 2.81. The molecule has 1 aromatic heterocycles. The highest BCUT2D eigenvalue weighted by atomic mass is 32.2. The Bertz CT molecular complexity index is 713. The molecule has 2 aromatic rings. The maximum absolute atomic E-state index is 12.7. The first-order valence-electron chi connectivity index (χ1n) is 5.87. The smallest absolute Gasteiger partial charge is 0.303 e. The van der Waals surface area contributed by atoms with Gasteiger partial charge in [-0.25, -0.2) is 0 Å². The van der Waals surface area contributed by atoms with E-state index in [1.165, 1.54) is 18.2 Å². The quantitative estimate of drug-likeness (QED) is 0.452. The van der Waals surface area contributed by atoms with Crippen molar-refractivity contribution in [2.45, 2.75) is 21.7 Å². The zero-order chi connectivity index (χ0) is 16.3. The van der Waals surface area contributed by atoms with Gasteiger partial charge < -0.3 is 4.79 Å². The molecule has 0 aliphatic heterocycles. The third-order valence-electron chi connectivity index (χ3n) is 2.58. The van der Waals surface area contributed by atoms with Crippen LogP contribution in [-0.4, -0.2) is 11.2 Å². The number of nitro groups is 1. The van der Waals surface area contributed by atoms with Gasteiger partial charge in [0.2, 0.25) is 0 Å². The lowest BCUT2D eigenvalue weighted by Gasteiger charge is -2.07. The van der Waals surface area contributed by atoms with Gasteiger partial charge in [0.05, 0.1) is 10.5 Å². The van der Waals surface area contributed by atoms with Crippen LogP contribution in [0.4, 0.5) is 18.9 Å². The first-order chi connectivity index (χ1) is 10.3. The van der Waals surface area contributed by atoms with Crippen molar-refractivity contribution in [3.63, 3.8) is 0 Å². The average molecular weight is 347 g/mol. The molecule has 22 heavy (non-hydrogen) atoms. The van der Waals surface area contributed by atoms with Crippen molar-refractivity contribution in [3.05, 3.63) is 50.9 Å². The molecule has 0 saturated heterocycles. The second kappa shape index (κ2) is 6.49. The Morgan fingerprint density at radius 1 is 1.32 bits per heavy atom.